The van der Waals surface area contributed by atoms with Gasteiger partial charge >= 0.3 is 0 Å². The van der Waals surface area contributed by atoms with Crippen molar-refractivity contribution in [2.45, 2.75) is 13.0 Å². The fourth-order valence-corrected chi connectivity index (χ4v) is 1.64. The summed E-state index contributed by atoms with van der Waals surface area (Å²) in [6.07, 6.45) is 1.04. The molecule has 0 atom stereocenters. The summed E-state index contributed by atoms with van der Waals surface area (Å²) in [4.78, 5) is 0. The van der Waals surface area contributed by atoms with Crippen LogP contribution >= 0.6 is 24.8 Å². The van der Waals surface area contributed by atoms with Crippen LogP contribution in [0.3, 0.4) is 0 Å². The Labute approximate surface area is 138 Å². The molecule has 0 saturated carbocycles. The molecule has 0 unspecified atom stereocenters. The molecule has 0 aliphatic heterocycles. The van der Waals surface area contributed by atoms with E-state index in [0.29, 0.717) is 13.2 Å². The Hall–Kier alpha value is -0.560. The van der Waals surface area contributed by atoms with E-state index in [-0.39, 0.29) is 38.0 Å². The first kappa shape index (κ1) is 22.7. The second-order valence-electron chi connectivity index (χ2n) is 4.22. The maximum absolute atomic E-state index is 8.65. The number of rotatable bonds is 11. The van der Waals surface area contributed by atoms with E-state index in [2.05, 4.69) is 10.6 Å². The van der Waals surface area contributed by atoms with Crippen molar-refractivity contribution >= 4 is 24.8 Å². The quantitative estimate of drug-likeness (QED) is 0.451. The fourth-order valence-electron chi connectivity index (χ4n) is 1.64. The standard InChI is InChI=1S/C14H24N2O3.2ClH/c17-9-8-15-6-1-7-16-12-13-2-4-14(5-3-13)19-11-10-18;;/h2-5,15-18H,1,6-12H2;2*1H. The molecule has 0 aliphatic rings. The van der Waals surface area contributed by atoms with Crippen LogP contribution in [0.1, 0.15) is 12.0 Å². The number of benzene rings is 1. The summed E-state index contributed by atoms with van der Waals surface area (Å²) >= 11 is 0. The predicted molar refractivity (Wildman–Crippen MR) is 89.8 cm³/mol. The van der Waals surface area contributed by atoms with Gasteiger partial charge in [-0.25, -0.2) is 0 Å². The molecule has 4 N–H and O–H groups in total. The molecule has 1 aromatic carbocycles. The first-order valence-electron chi connectivity index (χ1n) is 6.71. The minimum Gasteiger partial charge on any atom is -0.491 e. The maximum Gasteiger partial charge on any atom is 0.119 e. The Morgan fingerprint density at radius 2 is 1.52 bits per heavy atom. The molecule has 0 amide bonds. The van der Waals surface area contributed by atoms with Gasteiger partial charge in [0, 0.05) is 13.1 Å². The lowest BCUT2D eigenvalue weighted by atomic mass is 10.2. The second kappa shape index (κ2) is 15.8. The van der Waals surface area contributed by atoms with Crippen molar-refractivity contribution in [2.75, 3.05) is 39.5 Å². The fraction of sp³-hybridized carbons (Fsp3) is 0.571. The molecule has 1 rings (SSSR count). The van der Waals surface area contributed by atoms with Gasteiger partial charge in [0.1, 0.15) is 12.4 Å². The highest BCUT2D eigenvalue weighted by atomic mass is 35.5. The van der Waals surface area contributed by atoms with Crippen molar-refractivity contribution in [3.63, 3.8) is 0 Å². The third kappa shape index (κ3) is 11.7. The van der Waals surface area contributed by atoms with Gasteiger partial charge in [-0.2, -0.15) is 0 Å². The Balaban J connectivity index is 0. The lowest BCUT2D eigenvalue weighted by Crippen LogP contribution is -2.23. The topological polar surface area (TPSA) is 73.8 Å². The van der Waals surface area contributed by atoms with E-state index in [0.717, 1.165) is 31.8 Å². The number of nitrogens with one attached hydrogen (secondary N) is 2. The van der Waals surface area contributed by atoms with E-state index < -0.39 is 0 Å². The first-order valence-corrected chi connectivity index (χ1v) is 6.71. The predicted octanol–water partition coefficient (Wildman–Crippen LogP) is 0.963. The van der Waals surface area contributed by atoms with Crippen LogP contribution < -0.4 is 15.4 Å². The van der Waals surface area contributed by atoms with Crippen LogP contribution in [-0.2, 0) is 6.54 Å². The molecule has 0 fully saturated rings. The third-order valence-electron chi connectivity index (χ3n) is 2.61. The molecule has 7 heteroatoms. The summed E-state index contributed by atoms with van der Waals surface area (Å²) in [5, 5.41) is 23.7. The summed E-state index contributed by atoms with van der Waals surface area (Å²) < 4.78 is 5.29. The van der Waals surface area contributed by atoms with Crippen LogP contribution in [0.2, 0.25) is 0 Å². The Morgan fingerprint density at radius 3 is 2.14 bits per heavy atom. The van der Waals surface area contributed by atoms with E-state index in [9.17, 15) is 0 Å². The highest BCUT2D eigenvalue weighted by Crippen LogP contribution is 2.11. The zero-order chi connectivity index (χ0) is 13.8. The van der Waals surface area contributed by atoms with Gasteiger partial charge in [0.05, 0.1) is 13.2 Å². The Bertz CT molecular complexity index is 327. The van der Waals surface area contributed by atoms with Crippen molar-refractivity contribution in [3.05, 3.63) is 29.8 Å². The van der Waals surface area contributed by atoms with E-state index in [1.807, 2.05) is 24.3 Å². The number of hydrogen-bond acceptors (Lipinski definition) is 5. The summed E-state index contributed by atoms with van der Waals surface area (Å²) in [5.41, 5.74) is 1.21. The SMILES string of the molecule is Cl.Cl.OCCNCCCNCc1ccc(OCCO)cc1. The van der Waals surface area contributed by atoms with Crippen LogP contribution in [0.15, 0.2) is 24.3 Å². The molecule has 0 spiro atoms. The molecule has 0 saturated heterocycles. The Morgan fingerprint density at radius 1 is 0.857 bits per heavy atom. The number of ether oxygens (including phenoxy) is 1. The van der Waals surface area contributed by atoms with Crippen LogP contribution in [0, 0.1) is 0 Å². The Kier molecular flexibility index (Phi) is 17.1. The molecule has 21 heavy (non-hydrogen) atoms. The van der Waals surface area contributed by atoms with E-state index in [1.54, 1.807) is 0 Å². The minimum absolute atomic E-state index is 0. The molecule has 0 aromatic heterocycles. The minimum atomic E-state index is 0. The third-order valence-corrected chi connectivity index (χ3v) is 2.61. The highest BCUT2D eigenvalue weighted by molar-refractivity contribution is 5.85. The first-order chi connectivity index (χ1) is 9.36. The number of aliphatic hydroxyl groups is 2. The molecule has 0 bridgehead atoms. The van der Waals surface area contributed by atoms with Gasteiger partial charge in [0.25, 0.3) is 0 Å². The van der Waals surface area contributed by atoms with Crippen LogP contribution in [0.25, 0.3) is 0 Å². The molecule has 0 aliphatic carbocycles. The number of aliphatic hydroxyl groups excluding tert-OH is 2. The zero-order valence-electron chi connectivity index (χ0n) is 12.1. The normalized spacial score (nSPS) is 9.62. The van der Waals surface area contributed by atoms with Crippen LogP contribution in [0.4, 0.5) is 0 Å². The highest BCUT2D eigenvalue weighted by Gasteiger charge is 1.95. The van der Waals surface area contributed by atoms with Crippen molar-refractivity contribution in [1.29, 1.82) is 0 Å². The van der Waals surface area contributed by atoms with E-state index >= 15 is 0 Å². The summed E-state index contributed by atoms with van der Waals surface area (Å²) in [7, 11) is 0. The number of hydrogen-bond donors (Lipinski definition) is 4. The average molecular weight is 341 g/mol. The summed E-state index contributed by atoms with van der Waals surface area (Å²) in [5.74, 6) is 0.783. The summed E-state index contributed by atoms with van der Waals surface area (Å²) in [6, 6.07) is 7.86. The van der Waals surface area contributed by atoms with Crippen molar-refractivity contribution in [1.82, 2.24) is 10.6 Å². The largest absolute Gasteiger partial charge is 0.491 e. The molecule has 0 heterocycles. The maximum atomic E-state index is 8.65. The van der Waals surface area contributed by atoms with Crippen molar-refractivity contribution in [3.8, 4) is 5.75 Å². The van der Waals surface area contributed by atoms with Crippen LogP contribution in [-0.4, -0.2) is 49.7 Å². The van der Waals surface area contributed by atoms with E-state index in [1.165, 1.54) is 5.56 Å². The summed E-state index contributed by atoms with van der Waals surface area (Å²) in [6.45, 7) is 3.92. The molecule has 124 valence electrons. The molecular weight excluding hydrogens is 315 g/mol. The van der Waals surface area contributed by atoms with Crippen molar-refractivity contribution < 1.29 is 14.9 Å². The molecule has 0 radical (unpaired) electrons. The van der Waals surface area contributed by atoms with Gasteiger partial charge in [0.2, 0.25) is 0 Å². The molecule has 1 aromatic rings. The lowest BCUT2D eigenvalue weighted by Gasteiger charge is -2.07. The smallest absolute Gasteiger partial charge is 0.119 e. The lowest BCUT2D eigenvalue weighted by molar-refractivity contribution is 0.201. The molecular formula is C14H26Cl2N2O3. The van der Waals surface area contributed by atoms with Gasteiger partial charge in [-0.3, -0.25) is 0 Å². The number of halogens is 2. The monoisotopic (exact) mass is 340 g/mol. The van der Waals surface area contributed by atoms with Gasteiger partial charge in [-0.05, 0) is 37.2 Å². The zero-order valence-corrected chi connectivity index (χ0v) is 13.7. The van der Waals surface area contributed by atoms with Crippen LogP contribution in [0.5, 0.6) is 5.75 Å². The van der Waals surface area contributed by atoms with E-state index in [4.69, 9.17) is 14.9 Å². The van der Waals surface area contributed by atoms with Crippen molar-refractivity contribution in [2.24, 2.45) is 0 Å². The molecule has 5 nitrogen and oxygen atoms in total. The van der Waals surface area contributed by atoms with Gasteiger partial charge in [-0.15, -0.1) is 24.8 Å². The second-order valence-corrected chi connectivity index (χ2v) is 4.22. The van der Waals surface area contributed by atoms with Gasteiger partial charge < -0.3 is 25.6 Å². The average Bonchev–Trinajstić information content (AvgIpc) is 2.45. The van der Waals surface area contributed by atoms with Gasteiger partial charge in [0.15, 0.2) is 0 Å². The van der Waals surface area contributed by atoms with Gasteiger partial charge in [-0.1, -0.05) is 12.1 Å².